The molecule has 0 spiro atoms. The zero-order valence-electron chi connectivity index (χ0n) is 18.8. The van der Waals surface area contributed by atoms with Crippen LogP contribution in [0.15, 0.2) is 53.5 Å². The Hall–Kier alpha value is -2.57. The predicted molar refractivity (Wildman–Crippen MR) is 126 cm³/mol. The number of guanidine groups is 1. The summed E-state index contributed by atoms with van der Waals surface area (Å²) in [6.45, 7) is 7.24. The van der Waals surface area contributed by atoms with Crippen LogP contribution in [-0.4, -0.2) is 49.3 Å². The average Bonchev–Trinajstić information content (AvgIpc) is 2.82. The molecule has 6 nitrogen and oxygen atoms in total. The standard InChI is InChI=1S/C25H36N4O2/c1-3-26-25(28-18-24(30)22-11-13-23(31-2)14-12-22)27-17-20-7-9-21(10-8-20)19-29-15-5-4-6-16-29/h7-14,24,30H,3-6,15-19H2,1-2H3,(H2,26,27,28). The van der Waals surface area contributed by atoms with E-state index >= 15 is 0 Å². The Morgan fingerprint density at radius 2 is 1.68 bits per heavy atom. The second kappa shape index (κ2) is 12.3. The zero-order valence-corrected chi connectivity index (χ0v) is 18.8. The quantitative estimate of drug-likeness (QED) is 0.425. The van der Waals surface area contributed by atoms with Gasteiger partial charge in [-0.25, -0.2) is 4.99 Å². The topological polar surface area (TPSA) is 69.1 Å². The van der Waals surface area contributed by atoms with E-state index in [1.54, 1.807) is 7.11 Å². The number of ether oxygens (including phenoxy) is 1. The van der Waals surface area contributed by atoms with Crippen molar-refractivity contribution in [2.24, 2.45) is 4.99 Å². The van der Waals surface area contributed by atoms with Crippen molar-refractivity contribution in [3.05, 3.63) is 65.2 Å². The lowest BCUT2D eigenvalue weighted by atomic mass is 10.1. The molecule has 168 valence electrons. The first kappa shape index (κ1) is 23.1. The van der Waals surface area contributed by atoms with Crippen LogP contribution < -0.4 is 15.4 Å². The lowest BCUT2D eigenvalue weighted by molar-refractivity contribution is 0.180. The number of benzene rings is 2. The van der Waals surface area contributed by atoms with Crippen LogP contribution in [0.3, 0.4) is 0 Å². The van der Waals surface area contributed by atoms with Gasteiger partial charge in [-0.3, -0.25) is 4.90 Å². The number of nitrogens with one attached hydrogen (secondary N) is 2. The maximum absolute atomic E-state index is 10.5. The number of likely N-dealkylation sites (tertiary alicyclic amines) is 1. The minimum Gasteiger partial charge on any atom is -0.497 e. The van der Waals surface area contributed by atoms with Crippen molar-refractivity contribution in [3.8, 4) is 5.75 Å². The third-order valence-corrected chi connectivity index (χ3v) is 5.61. The van der Waals surface area contributed by atoms with Crippen LogP contribution in [0.2, 0.25) is 0 Å². The Labute approximate surface area is 186 Å². The van der Waals surface area contributed by atoms with E-state index in [1.165, 1.54) is 43.5 Å². The summed E-state index contributed by atoms with van der Waals surface area (Å²) in [6.07, 6.45) is 3.39. The molecule has 3 N–H and O–H groups in total. The predicted octanol–water partition coefficient (Wildman–Crippen LogP) is 3.47. The number of piperidine rings is 1. The van der Waals surface area contributed by atoms with E-state index in [4.69, 9.17) is 4.74 Å². The van der Waals surface area contributed by atoms with Gasteiger partial charge in [0, 0.05) is 19.6 Å². The maximum atomic E-state index is 10.5. The number of hydrogen-bond donors (Lipinski definition) is 3. The van der Waals surface area contributed by atoms with Crippen LogP contribution in [0.5, 0.6) is 5.75 Å². The highest BCUT2D eigenvalue weighted by molar-refractivity contribution is 5.79. The first-order valence-corrected chi connectivity index (χ1v) is 11.3. The number of aliphatic hydroxyl groups is 1. The fourth-order valence-electron chi connectivity index (χ4n) is 3.78. The normalized spacial score (nSPS) is 16.0. The number of rotatable bonds is 9. The third-order valence-electron chi connectivity index (χ3n) is 5.61. The summed E-state index contributed by atoms with van der Waals surface area (Å²) >= 11 is 0. The summed E-state index contributed by atoms with van der Waals surface area (Å²) < 4.78 is 5.17. The monoisotopic (exact) mass is 424 g/mol. The van der Waals surface area contributed by atoms with Gasteiger partial charge in [0.1, 0.15) is 5.75 Å². The van der Waals surface area contributed by atoms with Crippen molar-refractivity contribution in [1.82, 2.24) is 15.5 Å². The molecular formula is C25H36N4O2. The molecule has 0 radical (unpaired) electrons. The van der Waals surface area contributed by atoms with Gasteiger partial charge in [0.15, 0.2) is 5.96 Å². The van der Waals surface area contributed by atoms with E-state index in [-0.39, 0.29) is 0 Å². The molecule has 0 bridgehead atoms. The fraction of sp³-hybridized carbons (Fsp3) is 0.480. The van der Waals surface area contributed by atoms with Gasteiger partial charge >= 0.3 is 0 Å². The highest BCUT2D eigenvalue weighted by Gasteiger charge is 2.11. The van der Waals surface area contributed by atoms with Crippen LogP contribution in [0.1, 0.15) is 49.0 Å². The number of aliphatic imine (C=N–C) groups is 1. The van der Waals surface area contributed by atoms with Crippen molar-refractivity contribution in [2.45, 2.75) is 45.4 Å². The van der Waals surface area contributed by atoms with Crippen LogP contribution in [0.25, 0.3) is 0 Å². The molecule has 3 rings (SSSR count). The summed E-state index contributed by atoms with van der Waals surface area (Å²) in [5.74, 6) is 1.48. The Bertz CT molecular complexity index is 799. The molecule has 0 amide bonds. The average molecular weight is 425 g/mol. The number of nitrogens with zero attached hydrogens (tertiary/aromatic N) is 2. The van der Waals surface area contributed by atoms with Crippen LogP contribution >= 0.6 is 0 Å². The molecule has 2 aromatic carbocycles. The minimum absolute atomic E-state index is 0.382. The Morgan fingerprint density at radius 1 is 1.00 bits per heavy atom. The first-order valence-electron chi connectivity index (χ1n) is 11.3. The second-order valence-corrected chi connectivity index (χ2v) is 8.02. The summed E-state index contributed by atoms with van der Waals surface area (Å²) in [5, 5.41) is 16.9. The van der Waals surface area contributed by atoms with Gasteiger partial charge in [-0.15, -0.1) is 0 Å². The molecule has 6 heteroatoms. The fourth-order valence-corrected chi connectivity index (χ4v) is 3.78. The van der Waals surface area contributed by atoms with E-state index < -0.39 is 6.10 Å². The molecule has 31 heavy (non-hydrogen) atoms. The lowest BCUT2D eigenvalue weighted by Gasteiger charge is -2.26. The van der Waals surface area contributed by atoms with Gasteiger partial charge < -0.3 is 20.5 Å². The molecular weight excluding hydrogens is 388 g/mol. The smallest absolute Gasteiger partial charge is 0.191 e. The number of aliphatic hydroxyl groups excluding tert-OH is 1. The molecule has 0 saturated carbocycles. The first-order chi connectivity index (χ1) is 15.2. The van der Waals surface area contributed by atoms with E-state index in [9.17, 15) is 5.11 Å². The highest BCUT2D eigenvalue weighted by Crippen LogP contribution is 2.17. The van der Waals surface area contributed by atoms with Crippen LogP contribution in [-0.2, 0) is 13.1 Å². The van der Waals surface area contributed by atoms with Gasteiger partial charge in [0.2, 0.25) is 0 Å². The number of hydrogen-bond acceptors (Lipinski definition) is 4. The molecule has 1 unspecified atom stereocenters. The van der Waals surface area contributed by atoms with Crippen LogP contribution in [0, 0.1) is 0 Å². The molecule has 1 atom stereocenters. The molecule has 1 aliphatic rings. The van der Waals surface area contributed by atoms with Crippen molar-refractivity contribution in [3.63, 3.8) is 0 Å². The van der Waals surface area contributed by atoms with Gasteiger partial charge in [-0.05, 0) is 61.7 Å². The molecule has 0 aliphatic carbocycles. The van der Waals surface area contributed by atoms with Gasteiger partial charge in [-0.1, -0.05) is 42.8 Å². The summed E-state index contributed by atoms with van der Waals surface area (Å²) in [6, 6.07) is 16.2. The summed E-state index contributed by atoms with van der Waals surface area (Å²) in [4.78, 5) is 7.21. The van der Waals surface area contributed by atoms with Crippen molar-refractivity contribution >= 4 is 5.96 Å². The summed E-state index contributed by atoms with van der Waals surface area (Å²) in [5.41, 5.74) is 3.38. The molecule has 1 heterocycles. The molecule has 1 aliphatic heterocycles. The van der Waals surface area contributed by atoms with Crippen LogP contribution in [0.4, 0.5) is 0 Å². The summed E-state index contributed by atoms with van der Waals surface area (Å²) in [7, 11) is 1.63. The Morgan fingerprint density at radius 3 is 2.32 bits per heavy atom. The van der Waals surface area contributed by atoms with Gasteiger partial charge in [-0.2, -0.15) is 0 Å². The molecule has 1 saturated heterocycles. The second-order valence-electron chi connectivity index (χ2n) is 8.02. The lowest BCUT2D eigenvalue weighted by Crippen LogP contribution is -2.39. The molecule has 0 aromatic heterocycles. The van der Waals surface area contributed by atoms with E-state index in [2.05, 4.69) is 44.8 Å². The highest BCUT2D eigenvalue weighted by atomic mass is 16.5. The van der Waals surface area contributed by atoms with E-state index in [1.807, 2.05) is 31.2 Å². The molecule has 1 fully saturated rings. The Kier molecular flexibility index (Phi) is 9.18. The van der Waals surface area contributed by atoms with Gasteiger partial charge in [0.25, 0.3) is 0 Å². The third kappa shape index (κ3) is 7.56. The minimum atomic E-state index is -0.621. The van der Waals surface area contributed by atoms with Crippen molar-refractivity contribution < 1.29 is 9.84 Å². The van der Waals surface area contributed by atoms with Crippen molar-refractivity contribution in [1.29, 1.82) is 0 Å². The largest absolute Gasteiger partial charge is 0.497 e. The maximum Gasteiger partial charge on any atom is 0.191 e. The number of methoxy groups -OCH3 is 1. The van der Waals surface area contributed by atoms with E-state index in [0.717, 1.165) is 24.4 Å². The zero-order chi connectivity index (χ0) is 21.9. The van der Waals surface area contributed by atoms with Crippen molar-refractivity contribution in [2.75, 3.05) is 33.3 Å². The SMILES string of the molecule is CCNC(=NCc1ccc(CN2CCCCC2)cc1)NCC(O)c1ccc(OC)cc1. The van der Waals surface area contributed by atoms with E-state index in [0.29, 0.717) is 19.0 Å². The molecule has 2 aromatic rings. The Balaban J connectivity index is 1.51. The van der Waals surface area contributed by atoms with Gasteiger partial charge in [0.05, 0.1) is 19.8 Å².